The molecule has 0 amide bonds. The minimum absolute atomic E-state index is 0.382. The van der Waals surface area contributed by atoms with Crippen LogP contribution in [-0.4, -0.2) is 54.6 Å². The molecule has 0 fully saturated rings. The van der Waals surface area contributed by atoms with Crippen LogP contribution >= 0.6 is 0 Å². The molecule has 0 aromatic carbocycles. The molecule has 3 atom stereocenters. The molecule has 0 spiro atoms. The maximum atomic E-state index is 10.3. The van der Waals surface area contributed by atoms with Crippen LogP contribution in [0, 0.1) is 0 Å². The molecule has 0 saturated carbocycles. The van der Waals surface area contributed by atoms with Crippen LogP contribution in [0.2, 0.25) is 0 Å². The van der Waals surface area contributed by atoms with Crippen molar-refractivity contribution >= 4 is 5.82 Å². The first-order valence-electron chi connectivity index (χ1n) is 6.70. The summed E-state index contributed by atoms with van der Waals surface area (Å²) in [7, 11) is 0. The van der Waals surface area contributed by atoms with Gasteiger partial charge in [-0.1, -0.05) is 20.8 Å². The van der Waals surface area contributed by atoms with Crippen molar-refractivity contribution in [1.29, 1.82) is 0 Å². The van der Waals surface area contributed by atoms with Crippen LogP contribution in [0.15, 0.2) is 6.20 Å². The molecule has 0 aliphatic heterocycles. The second-order valence-corrected chi connectivity index (χ2v) is 4.69. The molecule has 0 saturated heterocycles. The van der Waals surface area contributed by atoms with Crippen molar-refractivity contribution in [3.8, 4) is 0 Å². The molecule has 5 N–H and O–H groups in total. The van der Waals surface area contributed by atoms with Gasteiger partial charge in [0.15, 0.2) is 5.82 Å². The second kappa shape index (κ2) is 6.83. The molecule has 1 heterocycles. The van der Waals surface area contributed by atoms with Crippen molar-refractivity contribution in [2.45, 2.75) is 63.9 Å². The zero-order valence-electron chi connectivity index (χ0n) is 11.7. The molecule has 1 aromatic rings. The second-order valence-electron chi connectivity index (χ2n) is 4.69. The fourth-order valence-corrected chi connectivity index (χ4v) is 2.41. The Morgan fingerprint density at radius 3 is 1.89 bits per heavy atom. The number of aliphatic hydroxyl groups is 3. The first-order valence-corrected chi connectivity index (χ1v) is 6.70. The summed E-state index contributed by atoms with van der Waals surface area (Å²) in [6, 6.07) is 0. The Bertz CT molecular complexity index is 331. The van der Waals surface area contributed by atoms with Gasteiger partial charge in [-0.25, -0.2) is 0 Å². The van der Waals surface area contributed by atoms with E-state index in [0.29, 0.717) is 25.1 Å². The lowest BCUT2D eigenvalue weighted by molar-refractivity contribution is -0.0697. The van der Waals surface area contributed by atoms with E-state index >= 15 is 0 Å². The van der Waals surface area contributed by atoms with E-state index < -0.39 is 23.9 Å². The van der Waals surface area contributed by atoms with Gasteiger partial charge in [0.25, 0.3) is 0 Å². The van der Waals surface area contributed by atoms with Crippen molar-refractivity contribution in [2.75, 3.05) is 5.32 Å². The summed E-state index contributed by atoms with van der Waals surface area (Å²) in [5.74, 6) is 0.382. The first kappa shape index (κ1) is 15.9. The molecule has 7 heteroatoms. The quantitative estimate of drug-likeness (QED) is 0.464. The van der Waals surface area contributed by atoms with Gasteiger partial charge in [0.05, 0.1) is 24.5 Å². The minimum atomic E-state index is -1.25. The summed E-state index contributed by atoms with van der Waals surface area (Å²) in [4.78, 5) is 0. The van der Waals surface area contributed by atoms with Gasteiger partial charge < -0.3 is 20.6 Å². The average Bonchev–Trinajstić information content (AvgIpc) is 2.94. The number of aliphatic hydroxyl groups excluding tert-OH is 3. The van der Waals surface area contributed by atoms with Crippen LogP contribution < -0.4 is 5.32 Å². The normalized spacial score (nSPS) is 19.5. The van der Waals surface area contributed by atoms with E-state index in [0.717, 1.165) is 0 Å². The van der Waals surface area contributed by atoms with Crippen LogP contribution in [0.1, 0.15) is 40.0 Å². The Balaban J connectivity index is 3.17. The van der Waals surface area contributed by atoms with E-state index in [-0.39, 0.29) is 0 Å². The van der Waals surface area contributed by atoms with E-state index in [2.05, 4.69) is 20.7 Å². The summed E-state index contributed by atoms with van der Waals surface area (Å²) < 4.78 is 0. The summed E-state index contributed by atoms with van der Waals surface area (Å²) in [5.41, 5.74) is -1.25. The number of hydrogen-bond acceptors (Lipinski definition) is 6. The van der Waals surface area contributed by atoms with Gasteiger partial charge in [0.2, 0.25) is 0 Å². The highest BCUT2D eigenvalue weighted by Gasteiger charge is 2.48. The van der Waals surface area contributed by atoms with E-state index in [9.17, 15) is 15.3 Å². The molecular weight excluding hydrogens is 248 g/mol. The third kappa shape index (κ3) is 3.05. The number of anilines is 1. The average molecular weight is 272 g/mol. The van der Waals surface area contributed by atoms with Gasteiger partial charge in [-0.15, -0.1) is 5.10 Å². The topological polar surface area (TPSA) is 114 Å². The molecule has 1 aromatic heterocycles. The van der Waals surface area contributed by atoms with Crippen molar-refractivity contribution in [2.24, 2.45) is 0 Å². The standard InChI is InChI=1S/C12H24N4O3/c1-4-8(17)12(9(18)5-2,10(19)6-3)14-11-7-13-16-15-11/h7-10,17-19H,4-6H2,1-3H3,(H2,13,14,15,16). The number of hydrogen-bond donors (Lipinski definition) is 5. The van der Waals surface area contributed by atoms with Gasteiger partial charge in [-0.2, -0.15) is 10.3 Å². The monoisotopic (exact) mass is 272 g/mol. The predicted molar refractivity (Wildman–Crippen MR) is 71.6 cm³/mol. The highest BCUT2D eigenvalue weighted by atomic mass is 16.3. The highest BCUT2D eigenvalue weighted by molar-refractivity contribution is 5.37. The lowest BCUT2D eigenvalue weighted by atomic mass is 9.77. The Hall–Kier alpha value is -1.18. The highest BCUT2D eigenvalue weighted by Crippen LogP contribution is 2.30. The molecule has 1 rings (SSSR count). The summed E-state index contributed by atoms with van der Waals surface area (Å²) in [5, 5.41) is 44.0. The number of H-pyrrole nitrogens is 1. The van der Waals surface area contributed by atoms with Crippen LogP contribution in [0.25, 0.3) is 0 Å². The lowest BCUT2D eigenvalue weighted by Crippen LogP contribution is -2.65. The SMILES string of the molecule is CCC(O)C(Nc1cn[nH]n1)(C(O)CC)C(O)CC. The van der Waals surface area contributed by atoms with Gasteiger partial charge >= 0.3 is 0 Å². The maximum Gasteiger partial charge on any atom is 0.168 e. The van der Waals surface area contributed by atoms with Crippen molar-refractivity contribution < 1.29 is 15.3 Å². The predicted octanol–water partition coefficient (Wildman–Crippen LogP) is 0.268. The van der Waals surface area contributed by atoms with E-state index in [1.807, 2.05) is 0 Å². The van der Waals surface area contributed by atoms with Gasteiger partial charge in [0, 0.05) is 0 Å². The van der Waals surface area contributed by atoms with Gasteiger partial charge in [-0.05, 0) is 19.3 Å². The number of nitrogens with one attached hydrogen (secondary N) is 2. The van der Waals surface area contributed by atoms with Crippen molar-refractivity contribution in [3.05, 3.63) is 6.20 Å². The van der Waals surface area contributed by atoms with Crippen LogP contribution in [0.3, 0.4) is 0 Å². The molecule has 0 bridgehead atoms. The molecule has 0 radical (unpaired) electrons. The fraction of sp³-hybridized carbons (Fsp3) is 0.833. The minimum Gasteiger partial charge on any atom is -0.390 e. The van der Waals surface area contributed by atoms with E-state index in [1.165, 1.54) is 6.20 Å². The molecule has 0 aliphatic carbocycles. The first-order chi connectivity index (χ1) is 9.02. The zero-order valence-corrected chi connectivity index (χ0v) is 11.7. The van der Waals surface area contributed by atoms with Crippen LogP contribution in [-0.2, 0) is 0 Å². The molecular formula is C12H24N4O3. The molecule has 19 heavy (non-hydrogen) atoms. The third-order valence-electron chi connectivity index (χ3n) is 3.57. The van der Waals surface area contributed by atoms with E-state index in [4.69, 9.17) is 0 Å². The molecule has 110 valence electrons. The number of aromatic amines is 1. The lowest BCUT2D eigenvalue weighted by Gasteiger charge is -2.45. The largest absolute Gasteiger partial charge is 0.390 e. The van der Waals surface area contributed by atoms with Crippen molar-refractivity contribution in [1.82, 2.24) is 15.4 Å². The summed E-state index contributed by atoms with van der Waals surface area (Å²) >= 11 is 0. The van der Waals surface area contributed by atoms with Crippen molar-refractivity contribution in [3.63, 3.8) is 0 Å². The van der Waals surface area contributed by atoms with Crippen LogP contribution in [0.4, 0.5) is 5.82 Å². The Labute approximate surface area is 113 Å². The number of aromatic nitrogens is 3. The Morgan fingerprint density at radius 2 is 1.58 bits per heavy atom. The summed E-state index contributed by atoms with van der Waals surface area (Å²) in [6.07, 6.45) is -0.0731. The smallest absolute Gasteiger partial charge is 0.168 e. The number of nitrogens with zero attached hydrogens (tertiary/aromatic N) is 2. The molecule has 0 aliphatic rings. The Kier molecular flexibility index (Phi) is 5.71. The van der Waals surface area contributed by atoms with E-state index in [1.54, 1.807) is 20.8 Å². The summed E-state index contributed by atoms with van der Waals surface area (Å²) in [6.45, 7) is 5.40. The van der Waals surface area contributed by atoms with Gasteiger partial charge in [0.1, 0.15) is 5.54 Å². The maximum absolute atomic E-state index is 10.3. The fourth-order valence-electron chi connectivity index (χ4n) is 2.41. The number of rotatable bonds is 8. The van der Waals surface area contributed by atoms with Gasteiger partial charge in [-0.3, -0.25) is 0 Å². The zero-order chi connectivity index (χ0) is 14.5. The Morgan fingerprint density at radius 1 is 1.11 bits per heavy atom. The third-order valence-corrected chi connectivity index (χ3v) is 3.57. The molecule has 7 nitrogen and oxygen atoms in total. The molecule has 3 unspecified atom stereocenters. The van der Waals surface area contributed by atoms with Crippen LogP contribution in [0.5, 0.6) is 0 Å².